The summed E-state index contributed by atoms with van der Waals surface area (Å²) in [5.74, 6) is 0. The van der Waals surface area contributed by atoms with Gasteiger partial charge >= 0.3 is 0 Å². The van der Waals surface area contributed by atoms with Crippen LogP contribution in [0.3, 0.4) is 0 Å². The van der Waals surface area contributed by atoms with Crippen LogP contribution in [0.25, 0.3) is 0 Å². The van der Waals surface area contributed by atoms with Crippen LogP contribution >= 0.6 is 0 Å². The van der Waals surface area contributed by atoms with E-state index in [1.165, 1.54) is 11.3 Å². The van der Waals surface area contributed by atoms with Crippen LogP contribution in [-0.2, 0) is 26.6 Å². The molecule has 136 valence electrons. The Morgan fingerprint density at radius 1 is 1.15 bits per heavy atom. The molecule has 1 aromatic carbocycles. The Bertz CT molecular complexity index is 854. The molecule has 26 heavy (non-hydrogen) atoms. The molecule has 6 heteroatoms. The van der Waals surface area contributed by atoms with Gasteiger partial charge in [0.1, 0.15) is 6.10 Å². The monoisotopic (exact) mass is 351 g/mol. The lowest BCUT2D eigenvalue weighted by atomic mass is 10.1. The third kappa shape index (κ3) is 3.57. The summed E-state index contributed by atoms with van der Waals surface area (Å²) in [6, 6.07) is 14.5. The van der Waals surface area contributed by atoms with Crippen molar-refractivity contribution in [2.45, 2.75) is 32.0 Å². The summed E-state index contributed by atoms with van der Waals surface area (Å²) in [6.45, 7) is 3.85. The Labute approximate surface area is 153 Å². The fourth-order valence-electron chi connectivity index (χ4n) is 3.62. The lowest BCUT2D eigenvalue weighted by molar-refractivity contribution is 0.198. The molecule has 1 aliphatic rings. The largest absolute Gasteiger partial charge is 0.380 e. The molecule has 1 N–H and O–H groups in total. The van der Waals surface area contributed by atoms with Crippen LogP contribution in [0.4, 0.5) is 0 Å². The molecule has 6 nitrogen and oxygen atoms in total. The number of aromatic nitrogens is 4. The minimum Gasteiger partial charge on any atom is -0.380 e. The maximum absolute atomic E-state index is 10.6. The summed E-state index contributed by atoms with van der Waals surface area (Å²) in [4.78, 5) is 2.47. The lowest BCUT2D eigenvalue weighted by Gasteiger charge is -2.27. The first kappa shape index (κ1) is 17.0. The molecule has 0 radical (unpaired) electrons. The molecule has 0 amide bonds. The highest BCUT2D eigenvalue weighted by molar-refractivity contribution is 5.22. The van der Waals surface area contributed by atoms with Gasteiger partial charge in [-0.2, -0.15) is 10.2 Å². The average Bonchev–Trinajstić information content (AvgIpc) is 3.28. The van der Waals surface area contributed by atoms with E-state index in [-0.39, 0.29) is 0 Å². The highest BCUT2D eigenvalue weighted by Gasteiger charge is 2.23. The van der Waals surface area contributed by atoms with E-state index in [4.69, 9.17) is 0 Å². The number of nitrogens with zero attached hydrogens (tertiary/aromatic N) is 5. The van der Waals surface area contributed by atoms with Crippen molar-refractivity contribution >= 4 is 0 Å². The summed E-state index contributed by atoms with van der Waals surface area (Å²) in [6.07, 6.45) is 3.24. The zero-order valence-corrected chi connectivity index (χ0v) is 15.1. The van der Waals surface area contributed by atoms with E-state index in [0.717, 1.165) is 44.7 Å². The van der Waals surface area contributed by atoms with Gasteiger partial charge in [-0.3, -0.25) is 14.3 Å². The molecule has 0 aliphatic carbocycles. The molecule has 1 atom stereocenters. The van der Waals surface area contributed by atoms with E-state index in [2.05, 4.69) is 45.4 Å². The molecular formula is C20H25N5O. The molecule has 0 saturated carbocycles. The van der Waals surface area contributed by atoms with E-state index in [9.17, 15) is 5.11 Å². The van der Waals surface area contributed by atoms with Crippen molar-refractivity contribution < 1.29 is 5.11 Å². The molecule has 1 aliphatic heterocycles. The van der Waals surface area contributed by atoms with Crippen LogP contribution in [0.5, 0.6) is 0 Å². The average molecular weight is 351 g/mol. The molecule has 3 heterocycles. The number of aliphatic hydroxyl groups excluding tert-OH is 1. The van der Waals surface area contributed by atoms with Gasteiger partial charge in [0, 0.05) is 26.3 Å². The van der Waals surface area contributed by atoms with Crippen molar-refractivity contribution in [3.8, 4) is 0 Å². The van der Waals surface area contributed by atoms with Gasteiger partial charge in [0.15, 0.2) is 0 Å². The van der Waals surface area contributed by atoms with Gasteiger partial charge < -0.3 is 5.11 Å². The first-order valence-electron chi connectivity index (χ1n) is 9.19. The molecule has 2 aromatic heterocycles. The predicted octanol–water partition coefficient (Wildman–Crippen LogP) is 2.15. The zero-order chi connectivity index (χ0) is 17.9. The van der Waals surface area contributed by atoms with Crippen LogP contribution in [0.2, 0.25) is 0 Å². The number of fused-ring (bicyclic) bond motifs is 1. The van der Waals surface area contributed by atoms with Crippen molar-refractivity contribution in [1.82, 2.24) is 24.5 Å². The first-order valence-corrected chi connectivity index (χ1v) is 9.19. The predicted molar refractivity (Wildman–Crippen MR) is 99.5 cm³/mol. The first-order chi connectivity index (χ1) is 12.7. The number of aryl methyl sites for hydroxylation is 2. The van der Waals surface area contributed by atoms with E-state index >= 15 is 0 Å². The van der Waals surface area contributed by atoms with E-state index in [0.29, 0.717) is 5.69 Å². The highest BCUT2D eigenvalue weighted by atomic mass is 16.3. The fraction of sp³-hybridized carbons (Fsp3) is 0.400. The third-order valence-corrected chi connectivity index (χ3v) is 5.10. The molecule has 0 spiro atoms. The summed E-state index contributed by atoms with van der Waals surface area (Å²) in [5.41, 5.74) is 4.04. The lowest BCUT2D eigenvalue weighted by Crippen LogP contribution is -2.34. The van der Waals surface area contributed by atoms with Crippen molar-refractivity contribution in [1.29, 1.82) is 0 Å². The van der Waals surface area contributed by atoms with Gasteiger partial charge in [-0.1, -0.05) is 30.3 Å². The van der Waals surface area contributed by atoms with Gasteiger partial charge in [0.2, 0.25) is 0 Å². The van der Waals surface area contributed by atoms with Gasteiger partial charge in [-0.05, 0) is 37.1 Å². The van der Waals surface area contributed by atoms with E-state index in [1.54, 1.807) is 10.9 Å². The summed E-state index contributed by atoms with van der Waals surface area (Å²) in [7, 11) is 1.84. The maximum atomic E-state index is 10.6. The normalized spacial score (nSPS) is 15.8. The molecule has 0 fully saturated rings. The molecule has 4 rings (SSSR count). The number of hydrogen-bond donors (Lipinski definition) is 1. The minimum atomic E-state index is -0.730. The Balaban J connectivity index is 1.37. The van der Waals surface area contributed by atoms with E-state index in [1.807, 2.05) is 23.9 Å². The van der Waals surface area contributed by atoms with Crippen LogP contribution in [-0.4, -0.2) is 42.7 Å². The van der Waals surface area contributed by atoms with Crippen LogP contribution in [0, 0.1) is 0 Å². The van der Waals surface area contributed by atoms with E-state index < -0.39 is 6.10 Å². The topological polar surface area (TPSA) is 59.1 Å². The van der Waals surface area contributed by atoms with Crippen LogP contribution in [0.15, 0.2) is 48.7 Å². The van der Waals surface area contributed by atoms with Crippen LogP contribution < -0.4 is 0 Å². The minimum absolute atomic E-state index is 0.703. The van der Waals surface area contributed by atoms with Crippen LogP contribution in [0.1, 0.15) is 35.2 Å². The standard InChI is InChI=1S/C20H25N5O/c1-23-19(9-10-21-23)20(26)18-14-17-15-24(12-13-25(17)22-18)11-5-8-16-6-3-2-4-7-16/h2-4,6-7,9-10,14,20,26H,5,8,11-13,15H2,1H3. The van der Waals surface area contributed by atoms with Gasteiger partial charge in [0.05, 0.1) is 23.6 Å². The molecular weight excluding hydrogens is 326 g/mol. The van der Waals surface area contributed by atoms with Crippen molar-refractivity contribution in [2.75, 3.05) is 13.1 Å². The zero-order valence-electron chi connectivity index (χ0n) is 15.1. The van der Waals surface area contributed by atoms with Gasteiger partial charge in [-0.25, -0.2) is 0 Å². The quantitative estimate of drug-likeness (QED) is 0.739. The Hall–Kier alpha value is -2.44. The van der Waals surface area contributed by atoms with Crippen molar-refractivity contribution in [3.05, 3.63) is 71.3 Å². The molecule has 0 saturated heterocycles. The molecule has 3 aromatic rings. The van der Waals surface area contributed by atoms with Crippen molar-refractivity contribution in [2.24, 2.45) is 7.05 Å². The second kappa shape index (κ2) is 7.43. The number of rotatable bonds is 6. The fourth-order valence-corrected chi connectivity index (χ4v) is 3.62. The Kier molecular flexibility index (Phi) is 4.86. The smallest absolute Gasteiger partial charge is 0.139 e. The molecule has 0 bridgehead atoms. The second-order valence-electron chi connectivity index (χ2n) is 6.93. The highest BCUT2D eigenvalue weighted by Crippen LogP contribution is 2.23. The second-order valence-corrected chi connectivity index (χ2v) is 6.93. The maximum Gasteiger partial charge on any atom is 0.139 e. The summed E-state index contributed by atoms with van der Waals surface area (Å²) >= 11 is 0. The molecule has 1 unspecified atom stereocenters. The summed E-state index contributed by atoms with van der Waals surface area (Å²) in [5, 5.41) is 19.3. The van der Waals surface area contributed by atoms with Gasteiger partial charge in [0.25, 0.3) is 0 Å². The SMILES string of the molecule is Cn1nccc1C(O)c1cc2n(n1)CCN(CCCc1ccccc1)C2. The Morgan fingerprint density at radius 3 is 2.77 bits per heavy atom. The summed E-state index contributed by atoms with van der Waals surface area (Å²) < 4.78 is 3.72. The van der Waals surface area contributed by atoms with Crippen molar-refractivity contribution in [3.63, 3.8) is 0 Å². The third-order valence-electron chi connectivity index (χ3n) is 5.10. The number of hydrogen-bond acceptors (Lipinski definition) is 4. The number of aliphatic hydroxyl groups is 1. The Morgan fingerprint density at radius 2 is 2.00 bits per heavy atom. The number of benzene rings is 1. The van der Waals surface area contributed by atoms with Gasteiger partial charge in [-0.15, -0.1) is 0 Å².